The van der Waals surface area contributed by atoms with E-state index >= 15 is 0 Å². The minimum atomic E-state index is -0.845. The lowest BCUT2D eigenvalue weighted by atomic mass is 10.1. The quantitative estimate of drug-likeness (QED) is 0.850. The van der Waals surface area contributed by atoms with Gasteiger partial charge in [-0.25, -0.2) is 0 Å². The zero-order valence-electron chi connectivity index (χ0n) is 10.0. The van der Waals surface area contributed by atoms with Crippen LogP contribution >= 0.6 is 12.4 Å². The molecule has 100 valence electrons. The molecule has 0 radical (unpaired) electrons. The third kappa shape index (κ3) is 3.78. The van der Waals surface area contributed by atoms with E-state index in [1.165, 1.54) is 0 Å². The number of rotatable bonds is 5. The molecule has 0 saturated heterocycles. The van der Waals surface area contributed by atoms with Gasteiger partial charge < -0.3 is 19.9 Å². The van der Waals surface area contributed by atoms with Crippen molar-refractivity contribution >= 4 is 18.4 Å². The van der Waals surface area contributed by atoms with Gasteiger partial charge in [0.1, 0.15) is 0 Å². The van der Waals surface area contributed by atoms with Gasteiger partial charge in [0, 0.05) is 6.04 Å². The first-order valence-electron chi connectivity index (χ1n) is 5.49. The summed E-state index contributed by atoms with van der Waals surface area (Å²) in [5.41, 5.74) is 1.10. The Morgan fingerprint density at radius 3 is 2.89 bits per heavy atom. The van der Waals surface area contributed by atoms with Crippen LogP contribution in [0.5, 0.6) is 11.5 Å². The Labute approximate surface area is 112 Å². The lowest BCUT2D eigenvalue weighted by molar-refractivity contribution is -0.136. The van der Waals surface area contributed by atoms with E-state index in [0.29, 0.717) is 0 Å². The maximum atomic E-state index is 10.4. The number of fused-ring (bicyclic) bond motifs is 1. The van der Waals surface area contributed by atoms with E-state index in [0.717, 1.165) is 23.5 Å². The third-order valence-electron chi connectivity index (χ3n) is 2.58. The average molecular weight is 274 g/mol. The number of carbonyl (C=O) groups is 1. The number of carboxylic acids is 1. The molecule has 0 saturated carbocycles. The Kier molecular flexibility index (Phi) is 5.25. The smallest absolute Gasteiger partial charge is 0.317 e. The Bertz CT molecular complexity index is 425. The van der Waals surface area contributed by atoms with Crippen molar-refractivity contribution < 1.29 is 19.4 Å². The maximum absolute atomic E-state index is 10.4. The fraction of sp³-hybridized carbons (Fsp3) is 0.417. The van der Waals surface area contributed by atoms with Crippen LogP contribution in [0.4, 0.5) is 0 Å². The fourth-order valence-electron chi connectivity index (χ4n) is 1.76. The summed E-state index contributed by atoms with van der Waals surface area (Å²) < 4.78 is 10.5. The van der Waals surface area contributed by atoms with E-state index in [-0.39, 0.29) is 31.8 Å². The molecule has 1 heterocycles. The molecule has 0 spiro atoms. The number of ether oxygens (including phenoxy) is 2. The van der Waals surface area contributed by atoms with Gasteiger partial charge in [-0.2, -0.15) is 0 Å². The molecule has 18 heavy (non-hydrogen) atoms. The normalized spacial score (nSPS) is 13.8. The number of hydrogen-bond donors (Lipinski definition) is 2. The van der Waals surface area contributed by atoms with Crippen molar-refractivity contribution in [2.75, 3.05) is 13.3 Å². The fourth-order valence-corrected chi connectivity index (χ4v) is 1.76. The standard InChI is InChI=1S/C12H15NO4.ClH/c1-8(13-6-12(14)15)4-9-2-3-10-11(5-9)17-7-16-10;/h2-3,5,8,13H,4,6-7H2,1H3,(H,14,15);1H. The van der Waals surface area contributed by atoms with E-state index in [4.69, 9.17) is 14.6 Å². The number of aliphatic carboxylic acids is 1. The molecule has 0 aliphatic carbocycles. The van der Waals surface area contributed by atoms with Gasteiger partial charge in [0.25, 0.3) is 0 Å². The number of hydrogen-bond acceptors (Lipinski definition) is 4. The maximum Gasteiger partial charge on any atom is 0.317 e. The van der Waals surface area contributed by atoms with E-state index in [1.54, 1.807) is 0 Å². The molecule has 1 atom stereocenters. The van der Waals surface area contributed by atoms with E-state index in [1.807, 2.05) is 25.1 Å². The molecule has 1 aromatic carbocycles. The first kappa shape index (κ1) is 14.6. The van der Waals surface area contributed by atoms with Crippen LogP contribution in [-0.4, -0.2) is 30.5 Å². The first-order valence-corrected chi connectivity index (χ1v) is 5.49. The van der Waals surface area contributed by atoms with Gasteiger partial charge in [0.05, 0.1) is 6.54 Å². The molecule has 1 aliphatic rings. The van der Waals surface area contributed by atoms with Crippen molar-refractivity contribution in [3.8, 4) is 11.5 Å². The highest BCUT2D eigenvalue weighted by Gasteiger charge is 2.14. The summed E-state index contributed by atoms with van der Waals surface area (Å²) in [5, 5.41) is 11.5. The van der Waals surface area contributed by atoms with Gasteiger partial charge >= 0.3 is 5.97 Å². The molecule has 1 unspecified atom stereocenters. The average Bonchev–Trinajstić information content (AvgIpc) is 2.73. The lowest BCUT2D eigenvalue weighted by Gasteiger charge is -2.12. The Morgan fingerprint density at radius 1 is 1.44 bits per heavy atom. The summed E-state index contributed by atoms with van der Waals surface area (Å²) in [6, 6.07) is 5.88. The molecule has 2 rings (SSSR count). The molecule has 1 aromatic rings. The molecular weight excluding hydrogens is 258 g/mol. The van der Waals surface area contributed by atoms with Gasteiger partial charge in [-0.05, 0) is 31.0 Å². The van der Waals surface area contributed by atoms with Crippen LogP contribution in [0.15, 0.2) is 18.2 Å². The Hall–Kier alpha value is -1.46. The molecule has 2 N–H and O–H groups in total. The van der Waals surface area contributed by atoms with Crippen LogP contribution in [0.25, 0.3) is 0 Å². The molecule has 6 heteroatoms. The van der Waals surface area contributed by atoms with Crippen molar-refractivity contribution in [1.82, 2.24) is 5.32 Å². The molecular formula is C12H16ClNO4. The second-order valence-electron chi connectivity index (χ2n) is 4.07. The zero-order chi connectivity index (χ0) is 12.3. The van der Waals surface area contributed by atoms with Crippen LogP contribution in [0.2, 0.25) is 0 Å². The van der Waals surface area contributed by atoms with E-state index in [2.05, 4.69) is 5.32 Å². The predicted octanol–water partition coefficient (Wildman–Crippen LogP) is 1.44. The minimum absolute atomic E-state index is 0. The third-order valence-corrected chi connectivity index (χ3v) is 2.58. The monoisotopic (exact) mass is 273 g/mol. The lowest BCUT2D eigenvalue weighted by Crippen LogP contribution is -2.32. The van der Waals surface area contributed by atoms with Crippen LogP contribution in [-0.2, 0) is 11.2 Å². The van der Waals surface area contributed by atoms with Crippen LogP contribution in [0.3, 0.4) is 0 Å². The highest BCUT2D eigenvalue weighted by atomic mass is 35.5. The highest BCUT2D eigenvalue weighted by Crippen LogP contribution is 2.32. The summed E-state index contributed by atoms with van der Waals surface area (Å²) in [6.45, 7) is 2.20. The van der Waals surface area contributed by atoms with Gasteiger partial charge in [-0.15, -0.1) is 12.4 Å². The largest absolute Gasteiger partial charge is 0.480 e. The van der Waals surface area contributed by atoms with E-state index < -0.39 is 5.97 Å². The molecule has 0 fully saturated rings. The number of benzene rings is 1. The van der Waals surface area contributed by atoms with Crippen molar-refractivity contribution in [3.05, 3.63) is 23.8 Å². The van der Waals surface area contributed by atoms with Crippen LogP contribution in [0.1, 0.15) is 12.5 Å². The summed E-state index contributed by atoms with van der Waals surface area (Å²) in [4.78, 5) is 10.4. The second kappa shape index (κ2) is 6.47. The summed E-state index contributed by atoms with van der Waals surface area (Å²) in [6.07, 6.45) is 0.754. The molecule has 5 nitrogen and oxygen atoms in total. The SMILES string of the molecule is CC(Cc1ccc2c(c1)OCO2)NCC(=O)O.Cl. The van der Waals surface area contributed by atoms with Gasteiger partial charge in [0.2, 0.25) is 6.79 Å². The summed E-state index contributed by atoms with van der Waals surface area (Å²) in [7, 11) is 0. The molecule has 0 amide bonds. The van der Waals surface area contributed by atoms with Crippen molar-refractivity contribution in [2.45, 2.75) is 19.4 Å². The Morgan fingerprint density at radius 2 is 2.17 bits per heavy atom. The van der Waals surface area contributed by atoms with Gasteiger partial charge in [-0.3, -0.25) is 4.79 Å². The number of carboxylic acid groups (broad SMARTS) is 1. The van der Waals surface area contributed by atoms with E-state index in [9.17, 15) is 4.79 Å². The van der Waals surface area contributed by atoms with Crippen molar-refractivity contribution in [1.29, 1.82) is 0 Å². The second-order valence-corrected chi connectivity index (χ2v) is 4.07. The van der Waals surface area contributed by atoms with Crippen LogP contribution in [0, 0.1) is 0 Å². The van der Waals surface area contributed by atoms with Crippen molar-refractivity contribution in [2.24, 2.45) is 0 Å². The molecule has 0 bridgehead atoms. The van der Waals surface area contributed by atoms with Crippen molar-refractivity contribution in [3.63, 3.8) is 0 Å². The van der Waals surface area contributed by atoms with Gasteiger partial charge in [0.15, 0.2) is 11.5 Å². The first-order chi connectivity index (χ1) is 8.15. The van der Waals surface area contributed by atoms with Crippen LogP contribution < -0.4 is 14.8 Å². The predicted molar refractivity (Wildman–Crippen MR) is 68.6 cm³/mol. The minimum Gasteiger partial charge on any atom is -0.480 e. The Balaban J connectivity index is 0.00000162. The number of nitrogens with one attached hydrogen (secondary N) is 1. The molecule has 1 aliphatic heterocycles. The summed E-state index contributed by atoms with van der Waals surface area (Å²) >= 11 is 0. The molecule has 0 aromatic heterocycles. The zero-order valence-corrected chi connectivity index (χ0v) is 10.8. The summed E-state index contributed by atoms with van der Waals surface area (Å²) in [5.74, 6) is 0.676. The van der Waals surface area contributed by atoms with Gasteiger partial charge in [-0.1, -0.05) is 6.07 Å². The topological polar surface area (TPSA) is 67.8 Å². The number of halogens is 1. The highest BCUT2D eigenvalue weighted by molar-refractivity contribution is 5.85.